The van der Waals surface area contributed by atoms with Crippen LogP contribution in [-0.4, -0.2) is 18.0 Å². The second-order valence-electron chi connectivity index (χ2n) is 5.15. The lowest BCUT2D eigenvalue weighted by Gasteiger charge is -2.09. The fraction of sp³-hybridized carbons (Fsp3) is 0.250. The number of halogens is 3. The van der Waals surface area contributed by atoms with E-state index in [-0.39, 0.29) is 12.2 Å². The van der Waals surface area contributed by atoms with E-state index in [1.54, 1.807) is 6.07 Å². The summed E-state index contributed by atoms with van der Waals surface area (Å²) in [6, 6.07) is 6.89. The predicted molar refractivity (Wildman–Crippen MR) is 81.0 cm³/mol. The second-order valence-corrected chi connectivity index (χ2v) is 5.15. The number of carbonyl (C=O) groups excluding carboxylic acids is 1. The molecule has 0 spiro atoms. The van der Waals surface area contributed by atoms with E-state index < -0.39 is 23.2 Å². The van der Waals surface area contributed by atoms with Gasteiger partial charge in [0.15, 0.2) is 0 Å². The number of aromatic amines is 1. The Bertz CT molecular complexity index is 813. The maximum Gasteiger partial charge on any atom is 0.421 e. The molecule has 0 saturated carbocycles. The van der Waals surface area contributed by atoms with Crippen molar-refractivity contribution >= 4 is 5.91 Å². The maximum absolute atomic E-state index is 12.5. The zero-order chi connectivity index (χ0) is 17.9. The van der Waals surface area contributed by atoms with Gasteiger partial charge in [-0.15, -0.1) is 0 Å². The van der Waals surface area contributed by atoms with Crippen LogP contribution in [0.2, 0.25) is 0 Å². The van der Waals surface area contributed by atoms with Gasteiger partial charge in [-0.3, -0.25) is 9.59 Å². The third-order valence-electron chi connectivity index (χ3n) is 3.26. The van der Waals surface area contributed by atoms with Crippen LogP contribution in [0.15, 0.2) is 35.1 Å². The first-order valence-corrected chi connectivity index (χ1v) is 6.94. The van der Waals surface area contributed by atoms with Crippen LogP contribution < -0.4 is 15.6 Å². The number of alkyl halides is 3. The molecule has 0 radical (unpaired) electrons. The number of hydrogen-bond acceptors (Lipinski definition) is 3. The van der Waals surface area contributed by atoms with Gasteiger partial charge in [-0.25, -0.2) is 0 Å². The van der Waals surface area contributed by atoms with Crippen LogP contribution in [0, 0.1) is 6.92 Å². The van der Waals surface area contributed by atoms with Crippen molar-refractivity contribution in [1.29, 1.82) is 0 Å². The molecule has 1 aromatic carbocycles. The zero-order valence-corrected chi connectivity index (χ0v) is 13.0. The van der Waals surface area contributed by atoms with E-state index in [0.29, 0.717) is 11.8 Å². The number of H-pyrrole nitrogens is 1. The number of carbonyl (C=O) groups is 1. The molecule has 1 amide bonds. The largest absolute Gasteiger partial charge is 0.497 e. The molecule has 0 atom stereocenters. The van der Waals surface area contributed by atoms with Crippen LogP contribution >= 0.6 is 0 Å². The van der Waals surface area contributed by atoms with Crippen molar-refractivity contribution in [2.45, 2.75) is 19.6 Å². The minimum Gasteiger partial charge on any atom is -0.497 e. The van der Waals surface area contributed by atoms with Crippen LogP contribution in [0.25, 0.3) is 0 Å². The fourth-order valence-corrected chi connectivity index (χ4v) is 2.15. The number of aryl methyl sites for hydroxylation is 1. The van der Waals surface area contributed by atoms with E-state index in [4.69, 9.17) is 4.74 Å². The number of aromatic nitrogens is 1. The molecule has 0 bridgehead atoms. The summed E-state index contributed by atoms with van der Waals surface area (Å²) in [7, 11) is 1.52. The Labute approximate surface area is 135 Å². The SMILES string of the molecule is COc1cc(C)cc(CNC(=O)c2ccc(C(F)(F)F)c(=O)[nH]2)c1. The van der Waals surface area contributed by atoms with Gasteiger partial charge in [-0.05, 0) is 42.3 Å². The summed E-state index contributed by atoms with van der Waals surface area (Å²) in [5, 5.41) is 2.53. The minimum atomic E-state index is -4.76. The van der Waals surface area contributed by atoms with E-state index in [1.807, 2.05) is 24.0 Å². The molecule has 8 heteroatoms. The summed E-state index contributed by atoms with van der Waals surface area (Å²) >= 11 is 0. The fourth-order valence-electron chi connectivity index (χ4n) is 2.15. The molecule has 0 unspecified atom stereocenters. The number of methoxy groups -OCH3 is 1. The van der Waals surface area contributed by atoms with E-state index in [0.717, 1.165) is 17.2 Å². The third-order valence-corrected chi connectivity index (χ3v) is 3.26. The minimum absolute atomic E-state index is 0.139. The number of nitrogens with one attached hydrogen (secondary N) is 2. The molecule has 2 rings (SSSR count). The molecule has 5 nitrogen and oxygen atoms in total. The van der Waals surface area contributed by atoms with E-state index >= 15 is 0 Å². The normalized spacial score (nSPS) is 11.2. The molecule has 1 aromatic heterocycles. The number of ether oxygens (including phenoxy) is 1. The van der Waals surface area contributed by atoms with E-state index in [2.05, 4.69) is 5.32 Å². The molecule has 0 aliphatic heterocycles. The summed E-state index contributed by atoms with van der Waals surface area (Å²) in [5.41, 5.74) is -1.25. The van der Waals surface area contributed by atoms with Crippen molar-refractivity contribution in [3.8, 4) is 5.75 Å². The first kappa shape index (κ1) is 17.6. The summed E-state index contributed by atoms with van der Waals surface area (Å²) in [5.74, 6) is -0.0523. The zero-order valence-electron chi connectivity index (χ0n) is 13.0. The third kappa shape index (κ3) is 4.15. The number of rotatable bonds is 4. The molecular formula is C16H15F3N2O3. The molecule has 0 saturated heterocycles. The van der Waals surface area contributed by atoms with Crippen molar-refractivity contribution < 1.29 is 22.7 Å². The molecule has 2 N–H and O–H groups in total. The average molecular weight is 340 g/mol. The van der Waals surface area contributed by atoms with Gasteiger partial charge in [0, 0.05) is 6.54 Å². The highest BCUT2D eigenvalue weighted by atomic mass is 19.4. The van der Waals surface area contributed by atoms with Crippen LogP contribution in [0.5, 0.6) is 5.75 Å². The Kier molecular flexibility index (Phi) is 4.96. The Hall–Kier alpha value is -2.77. The van der Waals surface area contributed by atoms with Crippen molar-refractivity contribution in [2.75, 3.05) is 7.11 Å². The summed E-state index contributed by atoms with van der Waals surface area (Å²) in [6.07, 6.45) is -4.76. The van der Waals surface area contributed by atoms with E-state index in [9.17, 15) is 22.8 Å². The van der Waals surface area contributed by atoms with Gasteiger partial charge in [0.2, 0.25) is 0 Å². The molecule has 0 aliphatic rings. The van der Waals surface area contributed by atoms with Gasteiger partial charge in [0.25, 0.3) is 11.5 Å². The number of pyridine rings is 1. The van der Waals surface area contributed by atoms with Crippen LogP contribution in [0.4, 0.5) is 13.2 Å². The van der Waals surface area contributed by atoms with Crippen LogP contribution in [0.1, 0.15) is 27.2 Å². The summed E-state index contributed by atoms with van der Waals surface area (Å²) < 4.78 is 42.7. The highest BCUT2D eigenvalue weighted by molar-refractivity contribution is 5.92. The Balaban J connectivity index is 2.12. The molecule has 2 aromatic rings. The topological polar surface area (TPSA) is 71.2 Å². The Morgan fingerprint density at radius 2 is 1.96 bits per heavy atom. The average Bonchev–Trinajstić information content (AvgIpc) is 2.50. The molecular weight excluding hydrogens is 325 g/mol. The molecule has 128 valence electrons. The maximum atomic E-state index is 12.5. The lowest BCUT2D eigenvalue weighted by Crippen LogP contribution is -2.28. The number of hydrogen-bond donors (Lipinski definition) is 2. The van der Waals surface area contributed by atoms with Gasteiger partial charge < -0.3 is 15.0 Å². The monoisotopic (exact) mass is 340 g/mol. The van der Waals surface area contributed by atoms with Crippen molar-refractivity contribution in [3.63, 3.8) is 0 Å². The standard InChI is InChI=1S/C16H15F3N2O3/c1-9-5-10(7-11(6-9)24-2)8-20-15(23)13-4-3-12(14(22)21-13)16(17,18)19/h3-7H,8H2,1-2H3,(H,20,23)(H,21,22). The summed E-state index contributed by atoms with van der Waals surface area (Å²) in [4.78, 5) is 25.3. The van der Waals surface area contributed by atoms with E-state index in [1.165, 1.54) is 7.11 Å². The molecule has 24 heavy (non-hydrogen) atoms. The highest BCUT2D eigenvalue weighted by Gasteiger charge is 2.34. The van der Waals surface area contributed by atoms with Gasteiger partial charge >= 0.3 is 6.18 Å². The lowest BCUT2D eigenvalue weighted by atomic mass is 10.1. The Morgan fingerprint density at radius 1 is 1.25 bits per heavy atom. The van der Waals surface area contributed by atoms with Gasteiger partial charge in [-0.2, -0.15) is 13.2 Å². The van der Waals surface area contributed by atoms with Crippen molar-refractivity contribution in [3.05, 3.63) is 63.1 Å². The number of amides is 1. The first-order valence-electron chi connectivity index (χ1n) is 6.94. The lowest BCUT2D eigenvalue weighted by molar-refractivity contribution is -0.138. The first-order chi connectivity index (χ1) is 11.2. The van der Waals surface area contributed by atoms with Crippen molar-refractivity contribution in [1.82, 2.24) is 10.3 Å². The highest BCUT2D eigenvalue weighted by Crippen LogP contribution is 2.26. The Morgan fingerprint density at radius 3 is 2.54 bits per heavy atom. The molecule has 0 aliphatic carbocycles. The van der Waals surface area contributed by atoms with Gasteiger partial charge in [0.1, 0.15) is 17.0 Å². The van der Waals surface area contributed by atoms with Crippen LogP contribution in [0.3, 0.4) is 0 Å². The smallest absolute Gasteiger partial charge is 0.421 e. The molecule has 0 fully saturated rings. The molecule has 1 heterocycles. The van der Waals surface area contributed by atoms with Crippen LogP contribution in [-0.2, 0) is 12.7 Å². The second kappa shape index (κ2) is 6.77. The quantitative estimate of drug-likeness (QED) is 0.899. The predicted octanol–water partition coefficient (Wildman–Crippen LogP) is 2.64. The van der Waals surface area contributed by atoms with Crippen molar-refractivity contribution in [2.24, 2.45) is 0 Å². The number of benzene rings is 1. The van der Waals surface area contributed by atoms with Gasteiger partial charge in [0.05, 0.1) is 7.11 Å². The summed E-state index contributed by atoms with van der Waals surface area (Å²) in [6.45, 7) is 2.00. The van der Waals surface area contributed by atoms with Gasteiger partial charge in [-0.1, -0.05) is 6.07 Å².